The summed E-state index contributed by atoms with van der Waals surface area (Å²) in [6.45, 7) is 3.94. The number of urea groups is 1. The molecule has 1 heterocycles. The van der Waals surface area contributed by atoms with Crippen molar-refractivity contribution >= 4 is 17.8 Å². The number of hydrogen-bond acceptors (Lipinski definition) is 3. The highest BCUT2D eigenvalue weighted by Gasteiger charge is 2.54. The second kappa shape index (κ2) is 4.55. The van der Waals surface area contributed by atoms with Crippen molar-refractivity contribution in [3.05, 3.63) is 12.2 Å². The molecule has 0 radical (unpaired) electrons. The molecule has 0 aromatic rings. The Kier molecular flexibility index (Phi) is 3.24. The molecule has 1 saturated heterocycles. The molecule has 0 saturated carbocycles. The van der Waals surface area contributed by atoms with Gasteiger partial charge in [0.25, 0.3) is 0 Å². The molecule has 0 aromatic heterocycles. The Hall–Kier alpha value is -1.65. The van der Waals surface area contributed by atoms with Gasteiger partial charge in [-0.05, 0) is 25.2 Å². The van der Waals surface area contributed by atoms with E-state index in [1.165, 1.54) is 0 Å². The van der Waals surface area contributed by atoms with Gasteiger partial charge in [0.2, 0.25) is 11.8 Å². The van der Waals surface area contributed by atoms with E-state index in [0.717, 1.165) is 12.8 Å². The SMILES string of the molecule is CC(C)CC1(C2C=CCC2)C(=O)NC(=O)NC1=O. The molecular formula is C13H18N2O3. The van der Waals surface area contributed by atoms with Crippen LogP contribution in [0, 0.1) is 17.3 Å². The van der Waals surface area contributed by atoms with Crippen molar-refractivity contribution in [2.75, 3.05) is 0 Å². The first kappa shape index (κ1) is 12.8. The molecule has 2 N–H and O–H groups in total. The number of rotatable bonds is 3. The highest BCUT2D eigenvalue weighted by Crippen LogP contribution is 2.42. The predicted octanol–water partition coefficient (Wildman–Crippen LogP) is 1.35. The fourth-order valence-corrected chi connectivity index (χ4v) is 2.92. The van der Waals surface area contributed by atoms with Crippen LogP contribution in [0.15, 0.2) is 12.2 Å². The third-order valence-electron chi connectivity index (χ3n) is 3.64. The van der Waals surface area contributed by atoms with E-state index < -0.39 is 23.3 Å². The molecule has 5 nitrogen and oxygen atoms in total. The summed E-state index contributed by atoms with van der Waals surface area (Å²) in [5.41, 5.74) is -1.13. The molecule has 0 bridgehead atoms. The summed E-state index contributed by atoms with van der Waals surface area (Å²) in [4.78, 5) is 35.7. The summed E-state index contributed by atoms with van der Waals surface area (Å²) in [7, 11) is 0. The second-order valence-electron chi connectivity index (χ2n) is 5.42. The zero-order valence-corrected chi connectivity index (χ0v) is 10.7. The van der Waals surface area contributed by atoms with Crippen molar-refractivity contribution in [2.24, 2.45) is 17.3 Å². The highest BCUT2D eigenvalue weighted by molar-refractivity contribution is 6.19. The summed E-state index contributed by atoms with van der Waals surface area (Å²) in [5, 5.41) is 4.48. The Morgan fingerprint density at radius 1 is 1.28 bits per heavy atom. The van der Waals surface area contributed by atoms with Gasteiger partial charge in [0, 0.05) is 5.92 Å². The van der Waals surface area contributed by atoms with Gasteiger partial charge < -0.3 is 0 Å². The maximum absolute atomic E-state index is 12.2. The predicted molar refractivity (Wildman–Crippen MR) is 65.4 cm³/mol. The molecule has 18 heavy (non-hydrogen) atoms. The van der Waals surface area contributed by atoms with E-state index in [2.05, 4.69) is 10.6 Å². The normalized spacial score (nSPS) is 26.4. The molecule has 1 unspecified atom stereocenters. The molecule has 1 fully saturated rings. The molecule has 2 aliphatic rings. The van der Waals surface area contributed by atoms with Crippen molar-refractivity contribution in [1.29, 1.82) is 0 Å². The largest absolute Gasteiger partial charge is 0.328 e. The van der Waals surface area contributed by atoms with E-state index in [9.17, 15) is 14.4 Å². The Labute approximate surface area is 106 Å². The lowest BCUT2D eigenvalue weighted by Gasteiger charge is -2.39. The summed E-state index contributed by atoms with van der Waals surface area (Å²) < 4.78 is 0. The third kappa shape index (κ3) is 1.94. The number of hydrogen-bond donors (Lipinski definition) is 2. The fourth-order valence-electron chi connectivity index (χ4n) is 2.92. The zero-order valence-electron chi connectivity index (χ0n) is 10.7. The molecule has 4 amide bonds. The third-order valence-corrected chi connectivity index (χ3v) is 3.64. The molecule has 1 aliphatic heterocycles. The summed E-state index contributed by atoms with van der Waals surface area (Å²) in [6.07, 6.45) is 6.02. The van der Waals surface area contributed by atoms with Crippen LogP contribution in [0.2, 0.25) is 0 Å². The molecule has 0 aromatic carbocycles. The van der Waals surface area contributed by atoms with Crippen LogP contribution in [-0.2, 0) is 9.59 Å². The topological polar surface area (TPSA) is 75.3 Å². The summed E-state index contributed by atoms with van der Waals surface area (Å²) in [6, 6.07) is -0.716. The molecule has 5 heteroatoms. The molecule has 0 spiro atoms. The number of barbiturate groups is 1. The lowest BCUT2D eigenvalue weighted by Crippen LogP contribution is -2.64. The van der Waals surface area contributed by atoms with Crippen molar-refractivity contribution in [2.45, 2.75) is 33.1 Å². The lowest BCUT2D eigenvalue weighted by molar-refractivity contribution is -0.148. The van der Waals surface area contributed by atoms with Crippen LogP contribution in [0.25, 0.3) is 0 Å². The van der Waals surface area contributed by atoms with Gasteiger partial charge in [0.1, 0.15) is 5.41 Å². The van der Waals surface area contributed by atoms with Crippen molar-refractivity contribution < 1.29 is 14.4 Å². The number of carbonyl (C=O) groups excluding carboxylic acids is 3. The van der Waals surface area contributed by atoms with E-state index in [4.69, 9.17) is 0 Å². The maximum atomic E-state index is 12.2. The number of amides is 4. The van der Waals surface area contributed by atoms with Gasteiger partial charge in [-0.15, -0.1) is 0 Å². The first-order valence-electron chi connectivity index (χ1n) is 6.30. The molecular weight excluding hydrogens is 232 g/mol. The van der Waals surface area contributed by atoms with Gasteiger partial charge in [-0.25, -0.2) is 4.79 Å². The van der Waals surface area contributed by atoms with Crippen LogP contribution in [0.5, 0.6) is 0 Å². The molecule has 2 rings (SSSR count). The molecule has 98 valence electrons. The quantitative estimate of drug-likeness (QED) is 0.586. The average molecular weight is 250 g/mol. The smallest absolute Gasteiger partial charge is 0.277 e. The lowest BCUT2D eigenvalue weighted by atomic mass is 9.67. The van der Waals surface area contributed by atoms with Crippen LogP contribution >= 0.6 is 0 Å². The van der Waals surface area contributed by atoms with Crippen molar-refractivity contribution in [3.8, 4) is 0 Å². The van der Waals surface area contributed by atoms with E-state index >= 15 is 0 Å². The van der Waals surface area contributed by atoms with Crippen LogP contribution in [-0.4, -0.2) is 17.8 Å². The first-order chi connectivity index (χ1) is 8.46. The Morgan fingerprint density at radius 3 is 2.33 bits per heavy atom. The minimum Gasteiger partial charge on any atom is -0.277 e. The van der Waals surface area contributed by atoms with Crippen LogP contribution in [0.3, 0.4) is 0 Å². The fraction of sp³-hybridized carbons (Fsp3) is 0.615. The number of imide groups is 2. The monoisotopic (exact) mass is 250 g/mol. The van der Waals surface area contributed by atoms with Gasteiger partial charge in [0.05, 0.1) is 0 Å². The van der Waals surface area contributed by atoms with Crippen LogP contribution in [0.1, 0.15) is 33.1 Å². The van der Waals surface area contributed by atoms with E-state index in [1.807, 2.05) is 26.0 Å². The van der Waals surface area contributed by atoms with E-state index in [0.29, 0.717) is 6.42 Å². The van der Waals surface area contributed by atoms with Gasteiger partial charge in [0.15, 0.2) is 0 Å². The minimum absolute atomic E-state index is 0.118. The molecule has 1 atom stereocenters. The van der Waals surface area contributed by atoms with Gasteiger partial charge in [-0.2, -0.15) is 0 Å². The van der Waals surface area contributed by atoms with Crippen molar-refractivity contribution in [1.82, 2.24) is 10.6 Å². The second-order valence-corrected chi connectivity index (χ2v) is 5.42. The van der Waals surface area contributed by atoms with Crippen LogP contribution in [0.4, 0.5) is 4.79 Å². The highest BCUT2D eigenvalue weighted by atomic mass is 16.2. The zero-order chi connectivity index (χ0) is 13.3. The summed E-state index contributed by atoms with van der Waals surface area (Å²) >= 11 is 0. The van der Waals surface area contributed by atoms with Gasteiger partial charge in [-0.3, -0.25) is 20.2 Å². The van der Waals surface area contributed by atoms with Crippen molar-refractivity contribution in [3.63, 3.8) is 0 Å². The van der Waals surface area contributed by atoms with E-state index in [1.54, 1.807) is 0 Å². The molecule has 1 aliphatic carbocycles. The Balaban J connectivity index is 2.39. The minimum atomic E-state index is -1.13. The first-order valence-corrected chi connectivity index (χ1v) is 6.30. The van der Waals surface area contributed by atoms with Gasteiger partial charge in [-0.1, -0.05) is 26.0 Å². The Morgan fingerprint density at radius 2 is 1.89 bits per heavy atom. The number of nitrogens with one attached hydrogen (secondary N) is 2. The number of allylic oxidation sites excluding steroid dienone is 2. The summed E-state index contributed by atoms with van der Waals surface area (Å²) in [5.74, 6) is -0.834. The standard InChI is InChI=1S/C13H18N2O3/c1-8(2)7-13(9-5-3-4-6-9)10(16)14-12(18)15-11(13)17/h3,5,8-9H,4,6-7H2,1-2H3,(H2,14,15,16,17,18). The van der Waals surface area contributed by atoms with E-state index in [-0.39, 0.29) is 11.8 Å². The average Bonchev–Trinajstić information content (AvgIpc) is 2.76. The van der Waals surface area contributed by atoms with Gasteiger partial charge >= 0.3 is 6.03 Å². The van der Waals surface area contributed by atoms with Crippen LogP contribution < -0.4 is 10.6 Å². The maximum Gasteiger partial charge on any atom is 0.328 e. The Bertz CT molecular complexity index is 406. The number of carbonyl (C=O) groups is 3.